The first-order valence-corrected chi connectivity index (χ1v) is 7.31. The van der Waals surface area contributed by atoms with E-state index in [-0.39, 0.29) is 0 Å². The molecule has 1 saturated heterocycles. The molecule has 2 aromatic rings. The predicted molar refractivity (Wildman–Crippen MR) is 81.8 cm³/mol. The van der Waals surface area contributed by atoms with E-state index in [0.29, 0.717) is 0 Å². The third-order valence-corrected chi connectivity index (χ3v) is 4.01. The lowest BCUT2D eigenvalue weighted by atomic mass is 10.1. The predicted octanol–water partition coefficient (Wildman–Crippen LogP) is 3.24. The Bertz CT molecular complexity index is 509. The Balaban J connectivity index is 1.50. The first-order chi connectivity index (χ1) is 9.81. The smallest absolute Gasteiger partial charge is 0.0947 e. The second-order valence-electron chi connectivity index (χ2n) is 5.76. The molecule has 0 aliphatic carbocycles. The monoisotopic (exact) mass is 270 g/mol. The molecule has 20 heavy (non-hydrogen) atoms. The van der Waals surface area contributed by atoms with Crippen molar-refractivity contribution in [1.29, 1.82) is 0 Å². The third kappa shape index (κ3) is 3.23. The standard InChI is InChI=1S/C17H22N2O/c1-18(12-16-8-10-20-14-16)11-15-7-9-19(13-15)17-5-3-2-4-6-17/h2-6,8,10,14-15H,7,9,11-13H2,1H3/t15-/m0/s1. The lowest BCUT2D eigenvalue weighted by molar-refractivity contribution is 0.278. The van der Waals surface area contributed by atoms with Gasteiger partial charge in [0.05, 0.1) is 12.5 Å². The number of benzene rings is 1. The molecular formula is C17H22N2O. The normalized spacial score (nSPS) is 18.9. The van der Waals surface area contributed by atoms with Crippen molar-refractivity contribution in [2.24, 2.45) is 5.92 Å². The number of hydrogen-bond donors (Lipinski definition) is 0. The van der Waals surface area contributed by atoms with Crippen molar-refractivity contribution in [2.75, 3.05) is 31.6 Å². The summed E-state index contributed by atoms with van der Waals surface area (Å²) in [6.45, 7) is 4.46. The van der Waals surface area contributed by atoms with Crippen molar-refractivity contribution in [3.8, 4) is 0 Å². The number of para-hydroxylation sites is 1. The van der Waals surface area contributed by atoms with Gasteiger partial charge in [0.15, 0.2) is 0 Å². The zero-order chi connectivity index (χ0) is 13.8. The lowest BCUT2D eigenvalue weighted by Crippen LogP contribution is -2.27. The quantitative estimate of drug-likeness (QED) is 0.831. The summed E-state index contributed by atoms with van der Waals surface area (Å²) in [5.41, 5.74) is 2.61. The second-order valence-corrected chi connectivity index (χ2v) is 5.76. The Morgan fingerprint density at radius 2 is 2.10 bits per heavy atom. The first kappa shape index (κ1) is 13.3. The van der Waals surface area contributed by atoms with Gasteiger partial charge in [-0.1, -0.05) is 18.2 Å². The molecule has 3 heteroatoms. The largest absolute Gasteiger partial charge is 0.472 e. The summed E-state index contributed by atoms with van der Waals surface area (Å²) in [6.07, 6.45) is 4.86. The van der Waals surface area contributed by atoms with E-state index in [2.05, 4.69) is 47.2 Å². The summed E-state index contributed by atoms with van der Waals surface area (Å²) >= 11 is 0. The zero-order valence-corrected chi connectivity index (χ0v) is 12.0. The molecule has 0 N–H and O–H groups in total. The minimum atomic E-state index is 0.757. The van der Waals surface area contributed by atoms with E-state index in [1.54, 1.807) is 6.26 Å². The maximum absolute atomic E-state index is 5.13. The van der Waals surface area contributed by atoms with E-state index in [1.807, 2.05) is 12.3 Å². The lowest BCUT2D eigenvalue weighted by Gasteiger charge is -2.22. The van der Waals surface area contributed by atoms with Gasteiger partial charge in [-0.3, -0.25) is 0 Å². The van der Waals surface area contributed by atoms with Crippen LogP contribution in [0.1, 0.15) is 12.0 Å². The third-order valence-electron chi connectivity index (χ3n) is 4.01. The highest BCUT2D eigenvalue weighted by atomic mass is 16.3. The van der Waals surface area contributed by atoms with Gasteiger partial charge in [-0.2, -0.15) is 0 Å². The van der Waals surface area contributed by atoms with Crippen LogP contribution in [0.15, 0.2) is 53.3 Å². The Kier molecular flexibility index (Phi) is 4.07. The maximum atomic E-state index is 5.13. The Labute approximate surface area is 120 Å². The Morgan fingerprint density at radius 1 is 1.25 bits per heavy atom. The van der Waals surface area contributed by atoms with Gasteiger partial charge >= 0.3 is 0 Å². The molecule has 1 atom stereocenters. The van der Waals surface area contributed by atoms with E-state index in [1.165, 1.54) is 30.8 Å². The highest BCUT2D eigenvalue weighted by molar-refractivity contribution is 5.46. The van der Waals surface area contributed by atoms with Crippen molar-refractivity contribution >= 4 is 5.69 Å². The first-order valence-electron chi connectivity index (χ1n) is 7.31. The van der Waals surface area contributed by atoms with Crippen molar-refractivity contribution in [1.82, 2.24) is 4.90 Å². The molecule has 0 spiro atoms. The van der Waals surface area contributed by atoms with Gasteiger partial charge in [0.25, 0.3) is 0 Å². The summed E-state index contributed by atoms with van der Waals surface area (Å²) in [5.74, 6) is 0.757. The molecule has 1 aromatic heterocycles. The number of furan rings is 1. The summed E-state index contributed by atoms with van der Waals surface area (Å²) in [4.78, 5) is 4.89. The van der Waals surface area contributed by atoms with Crippen molar-refractivity contribution in [2.45, 2.75) is 13.0 Å². The zero-order valence-electron chi connectivity index (χ0n) is 12.0. The molecule has 106 valence electrons. The van der Waals surface area contributed by atoms with E-state index in [0.717, 1.165) is 19.0 Å². The fourth-order valence-corrected chi connectivity index (χ4v) is 3.05. The van der Waals surface area contributed by atoms with Gasteiger partial charge < -0.3 is 14.2 Å². The minimum Gasteiger partial charge on any atom is -0.472 e. The Morgan fingerprint density at radius 3 is 2.85 bits per heavy atom. The molecule has 0 radical (unpaired) electrons. The van der Waals surface area contributed by atoms with Crippen molar-refractivity contribution < 1.29 is 4.42 Å². The molecule has 1 aliphatic rings. The summed E-state index contributed by atoms with van der Waals surface area (Å²) in [5, 5.41) is 0. The van der Waals surface area contributed by atoms with Gasteiger partial charge in [0, 0.05) is 37.4 Å². The molecule has 1 aliphatic heterocycles. The SMILES string of the molecule is CN(Cc1ccoc1)C[C@@H]1CCN(c2ccccc2)C1. The van der Waals surface area contributed by atoms with Crippen LogP contribution < -0.4 is 4.90 Å². The molecule has 0 saturated carbocycles. The van der Waals surface area contributed by atoms with Crippen molar-refractivity contribution in [3.05, 3.63) is 54.5 Å². The molecule has 1 fully saturated rings. The van der Waals surface area contributed by atoms with Crippen LogP contribution in [0.3, 0.4) is 0 Å². The summed E-state index contributed by atoms with van der Waals surface area (Å²) in [7, 11) is 2.19. The van der Waals surface area contributed by atoms with Crippen LogP contribution in [0.25, 0.3) is 0 Å². The van der Waals surface area contributed by atoms with Crippen LogP contribution in [-0.4, -0.2) is 31.6 Å². The van der Waals surface area contributed by atoms with Crippen LogP contribution >= 0.6 is 0 Å². The maximum Gasteiger partial charge on any atom is 0.0947 e. The summed E-state index contributed by atoms with van der Waals surface area (Å²) < 4.78 is 5.13. The molecule has 1 aromatic carbocycles. The van der Waals surface area contributed by atoms with Crippen LogP contribution in [-0.2, 0) is 6.54 Å². The van der Waals surface area contributed by atoms with Gasteiger partial charge in [0.2, 0.25) is 0 Å². The number of hydrogen-bond acceptors (Lipinski definition) is 3. The highest BCUT2D eigenvalue weighted by Crippen LogP contribution is 2.24. The Hall–Kier alpha value is -1.74. The number of nitrogens with zero attached hydrogens (tertiary/aromatic N) is 2. The average molecular weight is 270 g/mol. The van der Waals surface area contributed by atoms with Crippen molar-refractivity contribution in [3.63, 3.8) is 0 Å². The average Bonchev–Trinajstić information content (AvgIpc) is 3.11. The van der Waals surface area contributed by atoms with Gasteiger partial charge in [-0.15, -0.1) is 0 Å². The molecule has 2 heterocycles. The molecule has 0 unspecified atom stereocenters. The summed E-state index contributed by atoms with van der Waals surface area (Å²) in [6, 6.07) is 12.8. The second kappa shape index (κ2) is 6.14. The number of anilines is 1. The van der Waals surface area contributed by atoms with Gasteiger partial charge in [0.1, 0.15) is 0 Å². The number of rotatable bonds is 5. The van der Waals surface area contributed by atoms with E-state index >= 15 is 0 Å². The fraction of sp³-hybridized carbons (Fsp3) is 0.412. The fourth-order valence-electron chi connectivity index (χ4n) is 3.05. The van der Waals surface area contributed by atoms with E-state index < -0.39 is 0 Å². The van der Waals surface area contributed by atoms with E-state index in [9.17, 15) is 0 Å². The van der Waals surface area contributed by atoms with Crippen LogP contribution in [0.4, 0.5) is 5.69 Å². The van der Waals surface area contributed by atoms with Crippen LogP contribution in [0, 0.1) is 5.92 Å². The topological polar surface area (TPSA) is 19.6 Å². The van der Waals surface area contributed by atoms with Crippen LogP contribution in [0.2, 0.25) is 0 Å². The molecule has 0 bridgehead atoms. The molecular weight excluding hydrogens is 248 g/mol. The highest BCUT2D eigenvalue weighted by Gasteiger charge is 2.23. The van der Waals surface area contributed by atoms with Gasteiger partial charge in [-0.25, -0.2) is 0 Å². The van der Waals surface area contributed by atoms with Gasteiger partial charge in [-0.05, 0) is 37.6 Å². The minimum absolute atomic E-state index is 0.757. The molecule has 3 nitrogen and oxygen atoms in total. The molecule has 0 amide bonds. The van der Waals surface area contributed by atoms with E-state index in [4.69, 9.17) is 4.42 Å². The van der Waals surface area contributed by atoms with Crippen LogP contribution in [0.5, 0.6) is 0 Å². The molecule has 3 rings (SSSR count).